The monoisotopic (exact) mass is 398 g/mol. The molecule has 3 amide bonds. The first-order valence-corrected chi connectivity index (χ1v) is 9.44. The second-order valence-corrected chi connectivity index (χ2v) is 8.64. The van der Waals surface area contributed by atoms with Crippen LogP contribution in [-0.4, -0.2) is 29.2 Å². The summed E-state index contributed by atoms with van der Waals surface area (Å²) < 4.78 is 0. The third kappa shape index (κ3) is 3.67. The van der Waals surface area contributed by atoms with Gasteiger partial charge in [-0.3, -0.25) is 14.5 Å². The fourth-order valence-electron chi connectivity index (χ4n) is 3.21. The largest absolute Gasteiger partial charge is 0.325 e. The number of hydrogen-bond donors (Lipinski definition) is 1. The molecule has 0 radical (unpaired) electrons. The van der Waals surface area contributed by atoms with Crippen molar-refractivity contribution in [1.29, 1.82) is 0 Å². The van der Waals surface area contributed by atoms with Crippen LogP contribution < -0.4 is 5.32 Å². The molecule has 1 saturated heterocycles. The van der Waals surface area contributed by atoms with Crippen molar-refractivity contribution in [1.82, 2.24) is 10.2 Å². The Bertz CT molecular complexity index is 930. The van der Waals surface area contributed by atoms with Crippen molar-refractivity contribution in [3.05, 3.63) is 70.2 Å². The molecule has 2 aromatic carbocycles. The van der Waals surface area contributed by atoms with Gasteiger partial charge < -0.3 is 5.32 Å². The van der Waals surface area contributed by atoms with Gasteiger partial charge in [0.25, 0.3) is 5.91 Å². The highest BCUT2D eigenvalue weighted by molar-refractivity contribution is 6.30. The minimum absolute atomic E-state index is 0.0211. The fraction of sp³-hybridized carbons (Fsp3) is 0.318. The lowest BCUT2D eigenvalue weighted by atomic mass is 9.86. The number of amides is 3. The second-order valence-electron chi connectivity index (χ2n) is 8.20. The van der Waals surface area contributed by atoms with Gasteiger partial charge in [-0.05, 0) is 35.6 Å². The average Bonchev–Trinajstić information content (AvgIpc) is 2.85. The summed E-state index contributed by atoms with van der Waals surface area (Å²) in [5.74, 6) is -0.746. The van der Waals surface area contributed by atoms with E-state index in [9.17, 15) is 14.4 Å². The molecule has 28 heavy (non-hydrogen) atoms. The van der Waals surface area contributed by atoms with Gasteiger partial charge in [0.1, 0.15) is 5.54 Å². The molecule has 3 rings (SSSR count). The van der Waals surface area contributed by atoms with Crippen LogP contribution in [0.25, 0.3) is 0 Å². The first-order valence-electron chi connectivity index (χ1n) is 9.06. The Morgan fingerprint density at radius 3 is 2.14 bits per heavy atom. The Balaban J connectivity index is 1.79. The van der Waals surface area contributed by atoms with E-state index in [1.54, 1.807) is 43.3 Å². The smallest absolute Gasteiger partial charge is 0.319 e. The SMILES string of the molecule is CC(C)(C)c1ccc(C(=O)CN2C(=O)NC(C)(c3ccc(Cl)cc3)C2=O)cc1. The third-order valence-electron chi connectivity index (χ3n) is 5.07. The van der Waals surface area contributed by atoms with Gasteiger partial charge in [0, 0.05) is 10.6 Å². The molecular weight excluding hydrogens is 376 g/mol. The summed E-state index contributed by atoms with van der Waals surface area (Å²) in [6.45, 7) is 7.60. The summed E-state index contributed by atoms with van der Waals surface area (Å²) in [4.78, 5) is 39.0. The zero-order valence-corrected chi connectivity index (χ0v) is 17.1. The van der Waals surface area contributed by atoms with E-state index in [1.807, 2.05) is 12.1 Å². The Morgan fingerprint density at radius 2 is 1.61 bits per heavy atom. The Hall–Kier alpha value is -2.66. The number of carbonyl (C=O) groups is 3. The number of carbonyl (C=O) groups excluding carboxylic acids is 3. The van der Waals surface area contributed by atoms with Gasteiger partial charge in [-0.2, -0.15) is 0 Å². The quantitative estimate of drug-likeness (QED) is 0.617. The van der Waals surface area contributed by atoms with E-state index in [2.05, 4.69) is 26.1 Å². The summed E-state index contributed by atoms with van der Waals surface area (Å²) in [5, 5.41) is 3.23. The van der Waals surface area contributed by atoms with Crippen LogP contribution in [0.1, 0.15) is 49.2 Å². The lowest BCUT2D eigenvalue weighted by Gasteiger charge is -2.22. The number of Topliss-reactive ketones (excluding diaryl/α,β-unsaturated/α-hetero) is 1. The van der Waals surface area contributed by atoms with Crippen molar-refractivity contribution in [2.45, 2.75) is 38.6 Å². The number of benzene rings is 2. The van der Waals surface area contributed by atoms with Crippen LogP contribution in [0.4, 0.5) is 4.79 Å². The molecule has 0 bridgehead atoms. The van der Waals surface area contributed by atoms with E-state index < -0.39 is 17.5 Å². The summed E-state index contributed by atoms with van der Waals surface area (Å²) in [6, 6.07) is 13.4. The molecule has 2 aromatic rings. The second kappa shape index (κ2) is 7.06. The van der Waals surface area contributed by atoms with Crippen molar-refractivity contribution in [3.63, 3.8) is 0 Å². The average molecular weight is 399 g/mol. The molecule has 1 unspecified atom stereocenters. The van der Waals surface area contributed by atoms with Gasteiger partial charge >= 0.3 is 6.03 Å². The van der Waals surface area contributed by atoms with Gasteiger partial charge in [0.2, 0.25) is 0 Å². The standard InChI is InChI=1S/C22H23ClN2O3/c1-21(2,3)15-7-5-14(6-8-15)18(26)13-25-19(27)22(4,24-20(25)28)16-9-11-17(23)12-10-16/h5-12H,13H2,1-4H3,(H,24,28). The maximum Gasteiger partial charge on any atom is 0.325 e. The number of ketones is 1. The van der Waals surface area contributed by atoms with Crippen LogP contribution in [0, 0.1) is 0 Å². The van der Waals surface area contributed by atoms with E-state index in [4.69, 9.17) is 11.6 Å². The molecule has 0 aromatic heterocycles. The van der Waals surface area contributed by atoms with Gasteiger partial charge in [0.05, 0.1) is 6.54 Å². The number of nitrogens with one attached hydrogen (secondary N) is 1. The Kier molecular flexibility index (Phi) is 5.06. The minimum atomic E-state index is -1.22. The number of imide groups is 1. The van der Waals surface area contributed by atoms with E-state index in [0.29, 0.717) is 16.1 Å². The summed E-state index contributed by atoms with van der Waals surface area (Å²) in [6.07, 6.45) is 0. The molecule has 0 spiro atoms. The van der Waals surface area contributed by atoms with Crippen LogP contribution in [0.2, 0.25) is 5.02 Å². The molecule has 6 heteroatoms. The van der Waals surface area contributed by atoms with Crippen LogP contribution in [-0.2, 0) is 15.7 Å². The molecule has 5 nitrogen and oxygen atoms in total. The summed E-state index contributed by atoms with van der Waals surface area (Å²) in [7, 11) is 0. The Morgan fingerprint density at radius 1 is 1.04 bits per heavy atom. The van der Waals surface area contributed by atoms with Crippen molar-refractivity contribution >= 4 is 29.3 Å². The van der Waals surface area contributed by atoms with Gasteiger partial charge in [-0.15, -0.1) is 0 Å². The molecule has 146 valence electrons. The first kappa shape index (κ1) is 20.1. The normalized spacial score (nSPS) is 19.7. The highest BCUT2D eigenvalue weighted by Crippen LogP contribution is 2.30. The van der Waals surface area contributed by atoms with Crippen molar-refractivity contribution in [2.75, 3.05) is 6.54 Å². The number of nitrogens with zero attached hydrogens (tertiary/aromatic N) is 1. The molecule has 0 saturated carbocycles. The topological polar surface area (TPSA) is 66.5 Å². The van der Waals surface area contributed by atoms with Crippen LogP contribution >= 0.6 is 11.6 Å². The van der Waals surface area contributed by atoms with Crippen molar-refractivity contribution in [3.8, 4) is 0 Å². The third-order valence-corrected chi connectivity index (χ3v) is 5.32. The lowest BCUT2D eigenvalue weighted by molar-refractivity contribution is -0.130. The van der Waals surface area contributed by atoms with Crippen molar-refractivity contribution in [2.24, 2.45) is 0 Å². The predicted octanol–water partition coefficient (Wildman–Crippen LogP) is 4.29. The first-order chi connectivity index (χ1) is 13.0. The van der Waals surface area contributed by atoms with E-state index in [1.165, 1.54) is 0 Å². The van der Waals surface area contributed by atoms with E-state index in [0.717, 1.165) is 10.5 Å². The molecule has 1 heterocycles. The van der Waals surface area contributed by atoms with Gasteiger partial charge in [0.15, 0.2) is 5.78 Å². The molecule has 1 atom stereocenters. The molecule has 1 aliphatic heterocycles. The summed E-state index contributed by atoms with van der Waals surface area (Å²) in [5.41, 5.74) is 0.938. The zero-order chi connectivity index (χ0) is 20.7. The molecular formula is C22H23ClN2O3. The number of rotatable bonds is 4. The van der Waals surface area contributed by atoms with Gasteiger partial charge in [-0.1, -0.05) is 68.8 Å². The van der Waals surface area contributed by atoms with Gasteiger partial charge in [-0.25, -0.2) is 4.79 Å². The minimum Gasteiger partial charge on any atom is -0.319 e. The lowest BCUT2D eigenvalue weighted by Crippen LogP contribution is -2.41. The molecule has 0 aliphatic carbocycles. The summed E-state index contributed by atoms with van der Waals surface area (Å²) >= 11 is 5.91. The molecule has 1 aliphatic rings. The number of halogens is 1. The highest BCUT2D eigenvalue weighted by atomic mass is 35.5. The van der Waals surface area contributed by atoms with Crippen molar-refractivity contribution < 1.29 is 14.4 Å². The van der Waals surface area contributed by atoms with E-state index >= 15 is 0 Å². The Labute approximate surface area is 169 Å². The fourth-order valence-corrected chi connectivity index (χ4v) is 3.34. The molecule has 1 N–H and O–H groups in total. The maximum absolute atomic E-state index is 12.9. The van der Waals surface area contributed by atoms with E-state index in [-0.39, 0.29) is 17.7 Å². The van der Waals surface area contributed by atoms with Crippen LogP contribution in [0.5, 0.6) is 0 Å². The zero-order valence-electron chi connectivity index (χ0n) is 16.4. The maximum atomic E-state index is 12.9. The number of hydrogen-bond acceptors (Lipinski definition) is 3. The van der Waals surface area contributed by atoms with Crippen LogP contribution in [0.15, 0.2) is 48.5 Å². The van der Waals surface area contributed by atoms with Crippen LogP contribution in [0.3, 0.4) is 0 Å². The molecule has 1 fully saturated rings. The predicted molar refractivity (Wildman–Crippen MR) is 109 cm³/mol. The highest BCUT2D eigenvalue weighted by Gasteiger charge is 2.49. The number of urea groups is 1.